The zero-order valence-electron chi connectivity index (χ0n) is 11.7. The maximum absolute atomic E-state index is 6.15. The molecule has 0 aliphatic heterocycles. The van der Waals surface area contributed by atoms with E-state index >= 15 is 0 Å². The van der Waals surface area contributed by atoms with Crippen molar-refractivity contribution in [3.05, 3.63) is 52.0 Å². The van der Waals surface area contributed by atoms with Gasteiger partial charge in [0, 0.05) is 5.41 Å². The molecule has 0 radical (unpaired) electrons. The molecule has 0 amide bonds. The van der Waals surface area contributed by atoms with Gasteiger partial charge in [-0.3, -0.25) is 0 Å². The van der Waals surface area contributed by atoms with Crippen molar-refractivity contribution in [1.82, 2.24) is 9.97 Å². The molecule has 0 atom stereocenters. The van der Waals surface area contributed by atoms with Crippen molar-refractivity contribution < 1.29 is 4.74 Å². The molecule has 20 heavy (non-hydrogen) atoms. The summed E-state index contributed by atoms with van der Waals surface area (Å²) in [7, 11) is 0. The lowest BCUT2D eigenvalue weighted by molar-refractivity contribution is 0.303. The standard InChI is InChI=1S/C15H16Cl2N2O/c1-15(2,3)14-18-12(16)11(13(17)19-14)20-9-10-7-5-4-6-8-10/h4-8H,9H2,1-3H3. The molecule has 0 bridgehead atoms. The van der Waals surface area contributed by atoms with E-state index in [2.05, 4.69) is 9.97 Å². The minimum Gasteiger partial charge on any atom is -0.483 e. The molecule has 5 heteroatoms. The molecule has 1 aromatic carbocycles. The van der Waals surface area contributed by atoms with Crippen LogP contribution in [0.1, 0.15) is 32.2 Å². The fourth-order valence-corrected chi connectivity index (χ4v) is 2.08. The first-order chi connectivity index (χ1) is 9.38. The molecular formula is C15H16Cl2N2O. The molecule has 3 nitrogen and oxygen atoms in total. The summed E-state index contributed by atoms with van der Waals surface area (Å²) in [5.41, 5.74) is 0.810. The summed E-state index contributed by atoms with van der Waals surface area (Å²) >= 11 is 12.3. The van der Waals surface area contributed by atoms with E-state index in [-0.39, 0.29) is 15.7 Å². The SMILES string of the molecule is CC(C)(C)c1nc(Cl)c(OCc2ccccc2)c(Cl)n1. The maximum atomic E-state index is 6.15. The highest BCUT2D eigenvalue weighted by atomic mass is 35.5. The number of halogens is 2. The summed E-state index contributed by atoms with van der Waals surface area (Å²) in [5, 5.41) is 0.483. The summed E-state index contributed by atoms with van der Waals surface area (Å²) in [6.07, 6.45) is 0. The van der Waals surface area contributed by atoms with E-state index in [4.69, 9.17) is 27.9 Å². The van der Waals surface area contributed by atoms with Crippen LogP contribution in [0.2, 0.25) is 10.3 Å². The Morgan fingerprint density at radius 2 is 1.55 bits per heavy atom. The van der Waals surface area contributed by atoms with Crippen LogP contribution in [-0.2, 0) is 12.0 Å². The second-order valence-electron chi connectivity index (χ2n) is 5.48. The number of ether oxygens (including phenoxy) is 1. The summed E-state index contributed by atoms with van der Waals surface area (Å²) < 4.78 is 5.63. The van der Waals surface area contributed by atoms with Crippen molar-refractivity contribution in [1.29, 1.82) is 0 Å². The lowest BCUT2D eigenvalue weighted by Gasteiger charge is -2.18. The van der Waals surface area contributed by atoms with E-state index in [1.165, 1.54) is 0 Å². The summed E-state index contributed by atoms with van der Waals surface area (Å²) in [4.78, 5) is 8.52. The number of aromatic nitrogens is 2. The van der Waals surface area contributed by atoms with Crippen LogP contribution in [0.4, 0.5) is 0 Å². The fourth-order valence-electron chi connectivity index (χ4n) is 1.58. The molecule has 0 spiro atoms. The normalized spacial score (nSPS) is 11.4. The van der Waals surface area contributed by atoms with Crippen molar-refractivity contribution in [2.75, 3.05) is 0 Å². The van der Waals surface area contributed by atoms with Crippen molar-refractivity contribution in [3.63, 3.8) is 0 Å². The molecule has 2 rings (SSSR count). The highest BCUT2D eigenvalue weighted by molar-refractivity contribution is 6.35. The Balaban J connectivity index is 2.21. The third kappa shape index (κ3) is 3.62. The van der Waals surface area contributed by atoms with Gasteiger partial charge in [-0.2, -0.15) is 0 Å². The van der Waals surface area contributed by atoms with Gasteiger partial charge in [0.15, 0.2) is 16.1 Å². The van der Waals surface area contributed by atoms with Gasteiger partial charge in [-0.1, -0.05) is 74.3 Å². The molecule has 1 aromatic heterocycles. The molecular weight excluding hydrogens is 295 g/mol. The van der Waals surface area contributed by atoms with E-state index in [0.717, 1.165) is 5.56 Å². The maximum Gasteiger partial charge on any atom is 0.194 e. The Morgan fingerprint density at radius 1 is 1.00 bits per heavy atom. The smallest absolute Gasteiger partial charge is 0.194 e. The first-order valence-corrected chi connectivity index (χ1v) is 7.04. The Kier molecular flexibility index (Phi) is 4.51. The van der Waals surface area contributed by atoms with E-state index < -0.39 is 0 Å². The van der Waals surface area contributed by atoms with Crippen LogP contribution in [0.25, 0.3) is 0 Å². The molecule has 0 saturated heterocycles. The van der Waals surface area contributed by atoms with Crippen LogP contribution in [0.15, 0.2) is 30.3 Å². The Bertz CT molecular complexity index is 572. The highest BCUT2D eigenvalue weighted by Crippen LogP contribution is 2.33. The Labute approximate surface area is 128 Å². The molecule has 0 unspecified atom stereocenters. The van der Waals surface area contributed by atoms with Crippen molar-refractivity contribution in [2.24, 2.45) is 0 Å². The van der Waals surface area contributed by atoms with E-state index in [9.17, 15) is 0 Å². The summed E-state index contributed by atoms with van der Waals surface area (Å²) in [6, 6.07) is 9.77. The lowest BCUT2D eigenvalue weighted by Crippen LogP contribution is -2.16. The van der Waals surface area contributed by atoms with Crippen LogP contribution in [0.5, 0.6) is 5.75 Å². The van der Waals surface area contributed by atoms with Gasteiger partial charge >= 0.3 is 0 Å². The zero-order valence-corrected chi connectivity index (χ0v) is 13.2. The van der Waals surface area contributed by atoms with Gasteiger partial charge in [0.2, 0.25) is 0 Å². The highest BCUT2D eigenvalue weighted by Gasteiger charge is 2.22. The molecule has 0 N–H and O–H groups in total. The predicted octanol–water partition coefficient (Wildman–Crippen LogP) is 4.66. The van der Waals surface area contributed by atoms with Gasteiger partial charge in [0.25, 0.3) is 0 Å². The van der Waals surface area contributed by atoms with Gasteiger partial charge in [-0.05, 0) is 5.56 Å². The largest absolute Gasteiger partial charge is 0.483 e. The van der Waals surface area contributed by atoms with Crippen molar-refractivity contribution >= 4 is 23.2 Å². The van der Waals surface area contributed by atoms with Gasteiger partial charge < -0.3 is 4.74 Å². The average molecular weight is 311 g/mol. The number of rotatable bonds is 3. The second kappa shape index (κ2) is 5.98. The van der Waals surface area contributed by atoms with Crippen LogP contribution in [0.3, 0.4) is 0 Å². The molecule has 0 saturated carbocycles. The first kappa shape index (κ1) is 15.1. The summed E-state index contributed by atoms with van der Waals surface area (Å²) in [6.45, 7) is 6.37. The van der Waals surface area contributed by atoms with Gasteiger partial charge in [0.05, 0.1) is 0 Å². The van der Waals surface area contributed by atoms with E-state index in [1.807, 2.05) is 51.1 Å². The Hall–Kier alpha value is -1.32. The molecule has 1 heterocycles. The number of hydrogen-bond donors (Lipinski definition) is 0. The molecule has 106 valence electrons. The summed E-state index contributed by atoms with van der Waals surface area (Å²) in [5.74, 6) is 0.921. The first-order valence-electron chi connectivity index (χ1n) is 6.28. The number of hydrogen-bond acceptors (Lipinski definition) is 3. The van der Waals surface area contributed by atoms with E-state index in [0.29, 0.717) is 18.2 Å². The quantitative estimate of drug-likeness (QED) is 0.773. The molecule has 0 aliphatic carbocycles. The molecule has 0 aliphatic rings. The Morgan fingerprint density at radius 3 is 2.05 bits per heavy atom. The van der Waals surface area contributed by atoms with Crippen LogP contribution >= 0.6 is 23.2 Å². The minimum absolute atomic E-state index is 0.217. The molecule has 0 fully saturated rings. The monoisotopic (exact) mass is 310 g/mol. The van der Waals surface area contributed by atoms with Crippen molar-refractivity contribution in [3.8, 4) is 5.75 Å². The van der Waals surface area contributed by atoms with Gasteiger partial charge in [-0.25, -0.2) is 9.97 Å². The fraction of sp³-hybridized carbons (Fsp3) is 0.333. The third-order valence-corrected chi connectivity index (χ3v) is 3.19. The van der Waals surface area contributed by atoms with Gasteiger partial charge in [-0.15, -0.1) is 0 Å². The predicted molar refractivity (Wildman–Crippen MR) is 81.5 cm³/mol. The van der Waals surface area contributed by atoms with Crippen molar-refractivity contribution in [2.45, 2.75) is 32.8 Å². The number of benzene rings is 1. The average Bonchev–Trinajstić information content (AvgIpc) is 2.37. The molecule has 2 aromatic rings. The number of nitrogens with zero attached hydrogens (tertiary/aromatic N) is 2. The second-order valence-corrected chi connectivity index (χ2v) is 6.20. The van der Waals surface area contributed by atoms with Gasteiger partial charge in [0.1, 0.15) is 12.4 Å². The third-order valence-electron chi connectivity index (χ3n) is 2.68. The van der Waals surface area contributed by atoms with E-state index in [1.54, 1.807) is 0 Å². The lowest BCUT2D eigenvalue weighted by atomic mass is 9.96. The topological polar surface area (TPSA) is 35.0 Å². The van der Waals surface area contributed by atoms with Crippen LogP contribution in [0, 0.1) is 0 Å². The van der Waals surface area contributed by atoms with Crippen LogP contribution < -0.4 is 4.74 Å². The van der Waals surface area contributed by atoms with Crippen LogP contribution in [-0.4, -0.2) is 9.97 Å². The minimum atomic E-state index is -0.217. The zero-order chi connectivity index (χ0) is 14.8.